The van der Waals surface area contributed by atoms with Crippen molar-refractivity contribution in [2.75, 3.05) is 0 Å². The number of carbonyl (C=O) groups is 2. The summed E-state index contributed by atoms with van der Waals surface area (Å²) in [5.41, 5.74) is -1.50. The van der Waals surface area contributed by atoms with Crippen LogP contribution in [0.15, 0.2) is 48.6 Å². The third kappa shape index (κ3) is 17.5. The standard InChI is InChI=1S/C26H41NO6/c1-2-3-4-5-6-7-8-9-10-11-12-13-14-15-16-17-18-21-26(27(32)33,22-19-24(28)29)23-20-25(30)31/h6-7,9-10,12-13,15-16H,2-5,8,11,14,17-23H2,1H3,(H,28,29)(H,30,31)/b7-6+,10-9+,13-12+,16-15+. The van der Waals surface area contributed by atoms with Gasteiger partial charge in [0.05, 0.1) is 12.8 Å². The highest BCUT2D eigenvalue weighted by Crippen LogP contribution is 2.30. The second-order valence-electron chi connectivity index (χ2n) is 8.25. The molecule has 0 amide bonds. The Morgan fingerprint density at radius 2 is 1.15 bits per heavy atom. The zero-order valence-electron chi connectivity index (χ0n) is 20.0. The van der Waals surface area contributed by atoms with Crippen LogP contribution >= 0.6 is 0 Å². The van der Waals surface area contributed by atoms with Gasteiger partial charge in [-0.1, -0.05) is 68.4 Å². The summed E-state index contributed by atoms with van der Waals surface area (Å²) in [7, 11) is 0. The molecular weight excluding hydrogens is 422 g/mol. The fourth-order valence-corrected chi connectivity index (χ4v) is 3.44. The maximum Gasteiger partial charge on any atom is 0.303 e. The lowest BCUT2D eigenvalue weighted by Gasteiger charge is -2.24. The lowest BCUT2D eigenvalue weighted by atomic mass is 9.84. The van der Waals surface area contributed by atoms with Gasteiger partial charge in [0, 0.05) is 24.2 Å². The number of carboxylic acids is 2. The van der Waals surface area contributed by atoms with E-state index in [0.717, 1.165) is 25.7 Å². The van der Waals surface area contributed by atoms with Crippen LogP contribution in [0.3, 0.4) is 0 Å². The van der Waals surface area contributed by atoms with Gasteiger partial charge >= 0.3 is 11.9 Å². The molecule has 33 heavy (non-hydrogen) atoms. The molecule has 0 saturated heterocycles. The van der Waals surface area contributed by atoms with E-state index in [0.29, 0.717) is 12.8 Å². The first-order valence-corrected chi connectivity index (χ1v) is 12.0. The molecule has 0 saturated carbocycles. The number of unbranched alkanes of at least 4 members (excludes halogenated alkanes) is 4. The fourth-order valence-electron chi connectivity index (χ4n) is 3.44. The van der Waals surface area contributed by atoms with Crippen molar-refractivity contribution in [3.63, 3.8) is 0 Å². The van der Waals surface area contributed by atoms with Crippen LogP contribution in [0, 0.1) is 10.1 Å². The number of hydrogen-bond acceptors (Lipinski definition) is 4. The molecule has 0 aliphatic heterocycles. The van der Waals surface area contributed by atoms with Crippen LogP contribution in [0.5, 0.6) is 0 Å². The molecule has 0 atom stereocenters. The topological polar surface area (TPSA) is 118 Å². The highest BCUT2D eigenvalue weighted by Gasteiger charge is 2.42. The zero-order chi connectivity index (χ0) is 24.8. The Balaban J connectivity index is 4.23. The van der Waals surface area contributed by atoms with Gasteiger partial charge in [-0.25, -0.2) is 0 Å². The first-order valence-electron chi connectivity index (χ1n) is 12.0. The summed E-state index contributed by atoms with van der Waals surface area (Å²) in [5.74, 6) is -2.23. The second kappa shape index (κ2) is 19.9. The minimum atomic E-state index is -1.50. The lowest BCUT2D eigenvalue weighted by molar-refractivity contribution is -0.574. The van der Waals surface area contributed by atoms with Crippen LogP contribution in [-0.2, 0) is 9.59 Å². The zero-order valence-corrected chi connectivity index (χ0v) is 20.0. The minimum Gasteiger partial charge on any atom is -0.481 e. The summed E-state index contributed by atoms with van der Waals surface area (Å²) < 4.78 is 0. The quantitative estimate of drug-likeness (QED) is 0.0829. The molecule has 0 fully saturated rings. The summed E-state index contributed by atoms with van der Waals surface area (Å²) in [4.78, 5) is 32.9. The van der Waals surface area contributed by atoms with Gasteiger partial charge in [0.2, 0.25) is 5.54 Å². The molecule has 0 aliphatic carbocycles. The minimum absolute atomic E-state index is 0.156. The molecule has 7 nitrogen and oxygen atoms in total. The Hall–Kier alpha value is -2.70. The lowest BCUT2D eigenvalue weighted by Crippen LogP contribution is -2.39. The van der Waals surface area contributed by atoms with Gasteiger partial charge in [-0.2, -0.15) is 0 Å². The number of rotatable bonds is 21. The molecule has 0 heterocycles. The first kappa shape index (κ1) is 30.3. The first-order chi connectivity index (χ1) is 15.8. The Morgan fingerprint density at radius 1 is 0.727 bits per heavy atom. The Bertz CT molecular complexity index is 660. The van der Waals surface area contributed by atoms with Gasteiger partial charge in [-0.3, -0.25) is 19.7 Å². The van der Waals surface area contributed by atoms with E-state index in [9.17, 15) is 19.7 Å². The SMILES string of the molecule is CCCCC/C=C/C/C=C/C/C=C/C/C=C/CCCC(CCC(=O)O)(CCC(=O)O)[N+](=O)[O-]. The monoisotopic (exact) mass is 463 g/mol. The maximum absolute atomic E-state index is 11.6. The van der Waals surface area contributed by atoms with Gasteiger partial charge in [0.1, 0.15) is 0 Å². The molecule has 0 bridgehead atoms. The van der Waals surface area contributed by atoms with Crippen molar-refractivity contribution in [3.8, 4) is 0 Å². The van der Waals surface area contributed by atoms with Crippen LogP contribution in [0.2, 0.25) is 0 Å². The van der Waals surface area contributed by atoms with E-state index in [1.54, 1.807) is 0 Å². The number of carboxylic acid groups (broad SMARTS) is 2. The molecule has 0 aromatic carbocycles. The predicted octanol–water partition coefficient (Wildman–Crippen LogP) is 6.88. The van der Waals surface area contributed by atoms with E-state index in [2.05, 4.69) is 43.4 Å². The molecule has 0 aromatic rings. The average Bonchev–Trinajstić information content (AvgIpc) is 2.76. The summed E-state index contributed by atoms with van der Waals surface area (Å²) in [6.07, 6.45) is 24.8. The van der Waals surface area contributed by atoms with Gasteiger partial charge in [0.15, 0.2) is 0 Å². The van der Waals surface area contributed by atoms with Crippen LogP contribution in [0.4, 0.5) is 0 Å². The average molecular weight is 464 g/mol. The van der Waals surface area contributed by atoms with Gasteiger partial charge < -0.3 is 10.2 Å². The van der Waals surface area contributed by atoms with Gasteiger partial charge in [-0.15, -0.1) is 0 Å². The fraction of sp³-hybridized carbons (Fsp3) is 0.615. The summed E-state index contributed by atoms with van der Waals surface area (Å²) >= 11 is 0. The molecule has 0 rings (SSSR count). The molecule has 0 aliphatic rings. The maximum atomic E-state index is 11.6. The molecule has 0 aromatic heterocycles. The van der Waals surface area contributed by atoms with Crippen LogP contribution < -0.4 is 0 Å². The second-order valence-corrected chi connectivity index (χ2v) is 8.25. The molecule has 7 heteroatoms. The third-order valence-corrected chi connectivity index (χ3v) is 5.47. The van der Waals surface area contributed by atoms with Crippen molar-refractivity contribution >= 4 is 11.9 Å². The van der Waals surface area contributed by atoms with E-state index in [-0.39, 0.29) is 32.1 Å². The highest BCUT2D eigenvalue weighted by atomic mass is 16.6. The van der Waals surface area contributed by atoms with Crippen molar-refractivity contribution < 1.29 is 24.7 Å². The van der Waals surface area contributed by atoms with Gasteiger partial charge in [-0.05, 0) is 44.9 Å². The third-order valence-electron chi connectivity index (χ3n) is 5.47. The Labute approximate surface area is 198 Å². The van der Waals surface area contributed by atoms with Crippen molar-refractivity contribution in [1.82, 2.24) is 0 Å². The number of nitrogens with zero attached hydrogens (tertiary/aromatic N) is 1. The Morgan fingerprint density at radius 3 is 1.55 bits per heavy atom. The van der Waals surface area contributed by atoms with Gasteiger partial charge in [0.25, 0.3) is 0 Å². The van der Waals surface area contributed by atoms with Crippen molar-refractivity contribution in [2.24, 2.45) is 0 Å². The van der Waals surface area contributed by atoms with Crippen LogP contribution in [0.25, 0.3) is 0 Å². The van der Waals surface area contributed by atoms with E-state index >= 15 is 0 Å². The largest absolute Gasteiger partial charge is 0.481 e. The summed E-state index contributed by atoms with van der Waals surface area (Å²) in [5, 5.41) is 29.4. The highest BCUT2D eigenvalue weighted by molar-refractivity contribution is 5.67. The molecule has 0 spiro atoms. The Kier molecular flexibility index (Phi) is 18.3. The number of nitro groups is 1. The van der Waals surface area contributed by atoms with Crippen LogP contribution in [-0.4, -0.2) is 32.6 Å². The van der Waals surface area contributed by atoms with E-state index < -0.39 is 22.4 Å². The predicted molar refractivity (Wildman–Crippen MR) is 132 cm³/mol. The van der Waals surface area contributed by atoms with Crippen molar-refractivity contribution in [1.29, 1.82) is 0 Å². The van der Waals surface area contributed by atoms with E-state index in [1.807, 2.05) is 12.2 Å². The molecular formula is C26H41NO6. The van der Waals surface area contributed by atoms with Crippen molar-refractivity contribution in [2.45, 2.75) is 102 Å². The van der Waals surface area contributed by atoms with Crippen LogP contribution in [0.1, 0.15) is 96.8 Å². The van der Waals surface area contributed by atoms with E-state index in [1.165, 1.54) is 19.3 Å². The number of aliphatic carboxylic acids is 2. The smallest absolute Gasteiger partial charge is 0.303 e. The number of allylic oxidation sites excluding steroid dienone is 8. The molecule has 0 unspecified atom stereocenters. The summed E-state index contributed by atoms with van der Waals surface area (Å²) in [6, 6.07) is 0. The number of hydrogen-bond donors (Lipinski definition) is 2. The van der Waals surface area contributed by atoms with Crippen molar-refractivity contribution in [3.05, 3.63) is 58.7 Å². The normalized spacial score (nSPS) is 12.5. The molecule has 0 radical (unpaired) electrons. The molecule has 186 valence electrons. The molecule has 2 N–H and O–H groups in total. The van der Waals surface area contributed by atoms with E-state index in [4.69, 9.17) is 10.2 Å². The summed E-state index contributed by atoms with van der Waals surface area (Å²) in [6.45, 7) is 2.21.